The Balaban J connectivity index is 3.29. The molecule has 11 heavy (non-hydrogen) atoms. The van der Waals surface area contributed by atoms with Gasteiger partial charge in [0.1, 0.15) is 0 Å². The predicted octanol–water partition coefficient (Wildman–Crippen LogP) is 1.06. The van der Waals surface area contributed by atoms with Gasteiger partial charge < -0.3 is 0 Å². The molecule has 4 nitrogen and oxygen atoms in total. The van der Waals surface area contributed by atoms with Crippen molar-refractivity contribution >= 4 is 42.1 Å². The zero-order chi connectivity index (χ0) is 8.65. The molecule has 1 heterocycles. The molecule has 2 N–H and O–H groups in total. The summed E-state index contributed by atoms with van der Waals surface area (Å²) in [4.78, 5) is 0. The number of hydrogen-bond donors (Lipinski definition) is 1. The van der Waals surface area contributed by atoms with Gasteiger partial charge >= 0.3 is 10.2 Å². The van der Waals surface area contributed by atoms with Crippen LogP contribution in [0.2, 0.25) is 0 Å². The molecule has 7 heteroatoms. The van der Waals surface area contributed by atoms with E-state index in [4.69, 9.17) is 5.14 Å². The van der Waals surface area contributed by atoms with Crippen molar-refractivity contribution in [3.05, 3.63) is 21.3 Å². The van der Waals surface area contributed by atoms with Crippen molar-refractivity contribution in [1.29, 1.82) is 0 Å². The second-order valence-corrected chi connectivity index (χ2v) is 4.99. The molecule has 62 valence electrons. The Bertz CT molecular complexity index is 350. The first-order chi connectivity index (χ1) is 4.91. The van der Waals surface area contributed by atoms with Crippen LogP contribution in [0.4, 0.5) is 0 Å². The van der Waals surface area contributed by atoms with Gasteiger partial charge in [-0.3, -0.25) is 0 Å². The summed E-state index contributed by atoms with van der Waals surface area (Å²) in [5.74, 6) is 0. The SMILES string of the molecule is NS(=O)(=O)n1cc(Br)c(Br)c1. The van der Waals surface area contributed by atoms with Gasteiger partial charge in [-0.05, 0) is 31.9 Å². The Morgan fingerprint density at radius 1 is 1.27 bits per heavy atom. The molecule has 0 unspecified atom stereocenters. The molecule has 0 aromatic carbocycles. The summed E-state index contributed by atoms with van der Waals surface area (Å²) in [6, 6.07) is 0. The van der Waals surface area contributed by atoms with Gasteiger partial charge in [-0.2, -0.15) is 8.42 Å². The number of nitrogens with two attached hydrogens (primary N) is 1. The minimum atomic E-state index is -3.65. The Morgan fingerprint density at radius 2 is 1.64 bits per heavy atom. The molecule has 1 rings (SSSR count). The van der Waals surface area contributed by atoms with Crippen LogP contribution in [0.1, 0.15) is 0 Å². The Labute approximate surface area is 80.8 Å². The fourth-order valence-electron chi connectivity index (χ4n) is 0.531. The number of hydrogen-bond acceptors (Lipinski definition) is 2. The molecule has 0 aliphatic carbocycles. The second-order valence-electron chi connectivity index (χ2n) is 1.83. The van der Waals surface area contributed by atoms with Gasteiger partial charge in [-0.15, -0.1) is 0 Å². The Morgan fingerprint density at radius 3 is 1.82 bits per heavy atom. The molecule has 0 aliphatic rings. The molecule has 0 spiro atoms. The lowest BCUT2D eigenvalue weighted by molar-refractivity contribution is 0.589. The first kappa shape index (κ1) is 9.24. The molecule has 0 fully saturated rings. The Hall–Kier alpha value is 0.150. The lowest BCUT2D eigenvalue weighted by Gasteiger charge is -1.94. The fraction of sp³-hybridized carbons (Fsp3) is 0. The van der Waals surface area contributed by atoms with Crippen LogP contribution in [0.3, 0.4) is 0 Å². The molecule has 0 atom stereocenters. The molecular weight excluding hydrogens is 300 g/mol. The summed E-state index contributed by atoms with van der Waals surface area (Å²) in [7, 11) is -3.65. The van der Waals surface area contributed by atoms with Crippen LogP contribution in [-0.4, -0.2) is 12.4 Å². The van der Waals surface area contributed by atoms with Crippen molar-refractivity contribution in [2.45, 2.75) is 0 Å². The highest BCUT2D eigenvalue weighted by Crippen LogP contribution is 2.23. The van der Waals surface area contributed by atoms with E-state index in [1.807, 2.05) is 0 Å². The smallest absolute Gasteiger partial charge is 0.238 e. The first-order valence-electron chi connectivity index (χ1n) is 2.47. The summed E-state index contributed by atoms with van der Waals surface area (Å²) in [5, 5.41) is 4.83. The number of nitrogens with zero attached hydrogens (tertiary/aromatic N) is 1. The highest BCUT2D eigenvalue weighted by molar-refractivity contribution is 9.13. The Kier molecular flexibility index (Phi) is 2.43. The van der Waals surface area contributed by atoms with Gasteiger partial charge in [0.25, 0.3) is 0 Å². The second kappa shape index (κ2) is 2.89. The van der Waals surface area contributed by atoms with Gasteiger partial charge in [-0.1, -0.05) is 0 Å². The topological polar surface area (TPSA) is 65.1 Å². The molecule has 1 aromatic rings. The third-order valence-corrected chi connectivity index (χ3v) is 3.60. The summed E-state index contributed by atoms with van der Waals surface area (Å²) in [5.41, 5.74) is 0. The third-order valence-electron chi connectivity index (χ3n) is 1.00. The maximum atomic E-state index is 10.7. The minimum Gasteiger partial charge on any atom is -0.238 e. The highest BCUT2D eigenvalue weighted by atomic mass is 79.9. The monoisotopic (exact) mass is 302 g/mol. The van der Waals surface area contributed by atoms with Crippen molar-refractivity contribution in [2.75, 3.05) is 0 Å². The van der Waals surface area contributed by atoms with Crippen LogP contribution in [-0.2, 0) is 10.2 Å². The zero-order valence-electron chi connectivity index (χ0n) is 5.16. The highest BCUT2D eigenvalue weighted by Gasteiger charge is 2.08. The van der Waals surface area contributed by atoms with E-state index in [1.165, 1.54) is 12.4 Å². The standard InChI is InChI=1S/C4H4Br2N2O2S/c5-3-1-8(2-4(3)6)11(7,9)10/h1-2H,(H2,7,9,10). The molecule has 0 bridgehead atoms. The van der Waals surface area contributed by atoms with Crippen LogP contribution in [0.5, 0.6) is 0 Å². The van der Waals surface area contributed by atoms with Gasteiger partial charge in [0.15, 0.2) is 0 Å². The lowest BCUT2D eigenvalue weighted by atomic mass is 10.7. The van der Waals surface area contributed by atoms with Crippen LogP contribution >= 0.6 is 31.9 Å². The lowest BCUT2D eigenvalue weighted by Crippen LogP contribution is -2.19. The average molecular weight is 304 g/mol. The summed E-state index contributed by atoms with van der Waals surface area (Å²) in [6.07, 6.45) is 2.72. The van der Waals surface area contributed by atoms with E-state index in [0.717, 1.165) is 3.97 Å². The van der Waals surface area contributed by atoms with Crippen molar-refractivity contribution in [3.8, 4) is 0 Å². The molecule has 0 saturated heterocycles. The van der Waals surface area contributed by atoms with Gasteiger partial charge in [0.2, 0.25) is 0 Å². The van der Waals surface area contributed by atoms with Crippen LogP contribution in [0.15, 0.2) is 21.3 Å². The molecule has 0 radical (unpaired) electrons. The van der Waals surface area contributed by atoms with Crippen molar-refractivity contribution in [3.63, 3.8) is 0 Å². The minimum absolute atomic E-state index is 0.645. The first-order valence-corrected chi connectivity index (χ1v) is 5.56. The van der Waals surface area contributed by atoms with Crippen LogP contribution in [0.25, 0.3) is 0 Å². The summed E-state index contributed by atoms with van der Waals surface area (Å²) < 4.78 is 23.6. The predicted molar refractivity (Wildman–Crippen MR) is 48.3 cm³/mol. The van der Waals surface area contributed by atoms with E-state index in [1.54, 1.807) is 0 Å². The molecular formula is C4H4Br2N2O2S. The number of halogens is 2. The van der Waals surface area contributed by atoms with Gasteiger partial charge in [0.05, 0.1) is 8.95 Å². The largest absolute Gasteiger partial charge is 0.302 e. The average Bonchev–Trinajstić information content (AvgIpc) is 2.11. The third kappa shape index (κ3) is 2.05. The van der Waals surface area contributed by atoms with Crippen LogP contribution in [0, 0.1) is 0 Å². The van der Waals surface area contributed by atoms with E-state index in [2.05, 4.69) is 31.9 Å². The number of rotatable bonds is 1. The zero-order valence-corrected chi connectivity index (χ0v) is 9.15. The normalized spacial score (nSPS) is 11.9. The van der Waals surface area contributed by atoms with E-state index in [-0.39, 0.29) is 0 Å². The van der Waals surface area contributed by atoms with E-state index >= 15 is 0 Å². The maximum Gasteiger partial charge on any atom is 0.302 e. The van der Waals surface area contributed by atoms with Gasteiger partial charge in [-0.25, -0.2) is 9.11 Å². The summed E-state index contributed by atoms with van der Waals surface area (Å²) >= 11 is 6.24. The van der Waals surface area contributed by atoms with E-state index < -0.39 is 10.2 Å². The van der Waals surface area contributed by atoms with Crippen molar-refractivity contribution in [1.82, 2.24) is 3.97 Å². The van der Waals surface area contributed by atoms with E-state index in [0.29, 0.717) is 8.95 Å². The molecule has 0 aliphatic heterocycles. The fourth-order valence-corrected chi connectivity index (χ4v) is 1.95. The van der Waals surface area contributed by atoms with Crippen molar-refractivity contribution in [2.24, 2.45) is 5.14 Å². The molecule has 0 saturated carbocycles. The van der Waals surface area contributed by atoms with E-state index in [9.17, 15) is 8.42 Å². The van der Waals surface area contributed by atoms with Crippen molar-refractivity contribution < 1.29 is 8.42 Å². The molecule has 0 amide bonds. The maximum absolute atomic E-state index is 10.7. The quantitative estimate of drug-likeness (QED) is 0.843. The molecule has 1 aromatic heterocycles. The van der Waals surface area contributed by atoms with Crippen LogP contribution < -0.4 is 5.14 Å². The summed E-state index contributed by atoms with van der Waals surface area (Å²) in [6.45, 7) is 0. The van der Waals surface area contributed by atoms with Gasteiger partial charge in [0, 0.05) is 12.4 Å². The number of aromatic nitrogens is 1.